The SMILES string of the molecule is Cc1nc(CC(C)C)c(C(=O)NC2CN(C(=O)C(OCC(C)C)C(C)C)C2)s1. The van der Waals surface area contributed by atoms with E-state index < -0.39 is 6.10 Å². The van der Waals surface area contributed by atoms with E-state index in [0.29, 0.717) is 36.4 Å². The molecular weight excluding hydrogens is 374 g/mol. The molecule has 0 saturated carbocycles. The summed E-state index contributed by atoms with van der Waals surface area (Å²) >= 11 is 1.44. The van der Waals surface area contributed by atoms with Crippen molar-refractivity contribution in [2.45, 2.75) is 67.0 Å². The maximum absolute atomic E-state index is 12.7. The van der Waals surface area contributed by atoms with Crippen molar-refractivity contribution in [3.05, 3.63) is 15.6 Å². The molecule has 158 valence electrons. The molecule has 6 nitrogen and oxygen atoms in total. The molecule has 1 aliphatic rings. The predicted octanol–water partition coefficient (Wildman–Crippen LogP) is 3.29. The van der Waals surface area contributed by atoms with Crippen molar-refractivity contribution in [2.24, 2.45) is 17.8 Å². The van der Waals surface area contributed by atoms with Crippen LogP contribution in [0.15, 0.2) is 0 Å². The van der Waals surface area contributed by atoms with Crippen LogP contribution < -0.4 is 5.32 Å². The summed E-state index contributed by atoms with van der Waals surface area (Å²) in [5.74, 6) is 0.910. The zero-order valence-corrected chi connectivity index (χ0v) is 19.1. The van der Waals surface area contributed by atoms with Gasteiger partial charge in [0.15, 0.2) is 0 Å². The molecule has 1 saturated heterocycles. The minimum Gasteiger partial charge on any atom is -0.368 e. The number of likely N-dealkylation sites (tertiary alicyclic amines) is 1. The minimum absolute atomic E-state index is 0.0105. The van der Waals surface area contributed by atoms with Crippen LogP contribution in [0.2, 0.25) is 0 Å². The van der Waals surface area contributed by atoms with Crippen LogP contribution in [0.4, 0.5) is 0 Å². The van der Waals surface area contributed by atoms with Gasteiger partial charge in [-0.25, -0.2) is 4.98 Å². The second kappa shape index (κ2) is 9.83. The zero-order chi connectivity index (χ0) is 21.0. The number of thiazole rings is 1. The maximum Gasteiger partial charge on any atom is 0.263 e. The normalized spacial score (nSPS) is 16.0. The lowest BCUT2D eigenvalue weighted by atomic mass is 10.0. The molecule has 0 aromatic carbocycles. The van der Waals surface area contributed by atoms with Gasteiger partial charge in [0.2, 0.25) is 0 Å². The molecule has 0 bridgehead atoms. The molecule has 2 amide bonds. The average Bonchev–Trinajstić information content (AvgIpc) is 2.89. The summed E-state index contributed by atoms with van der Waals surface area (Å²) in [6.45, 7) is 16.0. The largest absolute Gasteiger partial charge is 0.368 e. The van der Waals surface area contributed by atoms with Gasteiger partial charge in [-0.05, 0) is 31.1 Å². The molecule has 0 radical (unpaired) electrons. The zero-order valence-electron chi connectivity index (χ0n) is 18.2. The van der Waals surface area contributed by atoms with Crippen molar-refractivity contribution >= 4 is 23.2 Å². The van der Waals surface area contributed by atoms with Crippen molar-refractivity contribution in [1.29, 1.82) is 0 Å². The molecule has 0 aliphatic carbocycles. The molecule has 0 spiro atoms. The number of carbonyl (C=O) groups is 2. The van der Waals surface area contributed by atoms with Crippen molar-refractivity contribution in [3.8, 4) is 0 Å². The number of hydrogen-bond donors (Lipinski definition) is 1. The van der Waals surface area contributed by atoms with Gasteiger partial charge < -0.3 is 15.0 Å². The lowest BCUT2D eigenvalue weighted by Crippen LogP contribution is -2.63. The van der Waals surface area contributed by atoms with E-state index in [4.69, 9.17) is 4.74 Å². The van der Waals surface area contributed by atoms with E-state index in [-0.39, 0.29) is 23.8 Å². The summed E-state index contributed by atoms with van der Waals surface area (Å²) in [5, 5.41) is 3.97. The first kappa shape index (κ1) is 22.8. The molecular formula is C21H35N3O3S. The molecule has 1 aromatic rings. The maximum atomic E-state index is 12.7. The van der Waals surface area contributed by atoms with Gasteiger partial charge in [0, 0.05) is 19.7 Å². The number of rotatable bonds is 9. The lowest BCUT2D eigenvalue weighted by Gasteiger charge is -2.41. The monoisotopic (exact) mass is 409 g/mol. The highest BCUT2D eigenvalue weighted by Crippen LogP contribution is 2.22. The highest BCUT2D eigenvalue weighted by atomic mass is 32.1. The number of hydrogen-bond acceptors (Lipinski definition) is 5. The Morgan fingerprint density at radius 3 is 2.36 bits per heavy atom. The highest BCUT2D eigenvalue weighted by Gasteiger charge is 2.37. The molecule has 1 unspecified atom stereocenters. The van der Waals surface area contributed by atoms with E-state index in [1.807, 2.05) is 20.8 Å². The quantitative estimate of drug-likeness (QED) is 0.679. The van der Waals surface area contributed by atoms with E-state index in [2.05, 4.69) is 38.0 Å². The van der Waals surface area contributed by atoms with Gasteiger partial charge in [-0.3, -0.25) is 9.59 Å². The number of ether oxygens (including phenoxy) is 1. The third-order valence-electron chi connectivity index (χ3n) is 4.60. The Hall–Kier alpha value is -1.47. The number of aryl methyl sites for hydroxylation is 1. The van der Waals surface area contributed by atoms with Gasteiger partial charge in [-0.2, -0.15) is 0 Å². The molecule has 1 aliphatic heterocycles. The van der Waals surface area contributed by atoms with Crippen molar-refractivity contribution < 1.29 is 14.3 Å². The fourth-order valence-electron chi connectivity index (χ4n) is 3.20. The number of aromatic nitrogens is 1. The summed E-state index contributed by atoms with van der Waals surface area (Å²) in [5.41, 5.74) is 0.879. The first-order chi connectivity index (χ1) is 13.1. The molecule has 2 heterocycles. The molecule has 7 heteroatoms. The van der Waals surface area contributed by atoms with Gasteiger partial charge in [-0.1, -0.05) is 41.5 Å². The third kappa shape index (κ3) is 6.01. The Morgan fingerprint density at radius 2 is 1.82 bits per heavy atom. The molecule has 1 fully saturated rings. The van der Waals surface area contributed by atoms with Gasteiger partial charge >= 0.3 is 0 Å². The Morgan fingerprint density at radius 1 is 1.18 bits per heavy atom. The van der Waals surface area contributed by atoms with E-state index in [1.165, 1.54) is 11.3 Å². The molecule has 28 heavy (non-hydrogen) atoms. The van der Waals surface area contributed by atoms with Crippen LogP contribution >= 0.6 is 11.3 Å². The Balaban J connectivity index is 1.89. The van der Waals surface area contributed by atoms with E-state index in [0.717, 1.165) is 17.1 Å². The summed E-state index contributed by atoms with van der Waals surface area (Å²) in [7, 11) is 0. The lowest BCUT2D eigenvalue weighted by molar-refractivity contribution is -0.152. The van der Waals surface area contributed by atoms with E-state index >= 15 is 0 Å². The fraction of sp³-hybridized carbons (Fsp3) is 0.762. The molecule has 1 N–H and O–H groups in total. The first-order valence-electron chi connectivity index (χ1n) is 10.3. The van der Waals surface area contributed by atoms with Crippen LogP contribution in [0.25, 0.3) is 0 Å². The first-order valence-corrected chi connectivity index (χ1v) is 11.1. The number of carbonyl (C=O) groups excluding carboxylic acids is 2. The van der Waals surface area contributed by atoms with E-state index in [9.17, 15) is 9.59 Å². The molecule has 1 atom stereocenters. The fourth-order valence-corrected chi connectivity index (χ4v) is 4.05. The van der Waals surface area contributed by atoms with E-state index in [1.54, 1.807) is 4.90 Å². The van der Waals surface area contributed by atoms with Crippen LogP contribution in [0, 0.1) is 24.7 Å². The molecule has 2 rings (SSSR count). The van der Waals surface area contributed by atoms with Crippen LogP contribution in [0.5, 0.6) is 0 Å². The Bertz CT molecular complexity index is 678. The summed E-state index contributed by atoms with van der Waals surface area (Å²) < 4.78 is 5.84. The topological polar surface area (TPSA) is 71.5 Å². The smallest absolute Gasteiger partial charge is 0.263 e. The Kier molecular flexibility index (Phi) is 8.01. The summed E-state index contributed by atoms with van der Waals surface area (Å²) in [4.78, 5) is 32.4. The number of nitrogens with zero attached hydrogens (tertiary/aromatic N) is 2. The summed E-state index contributed by atoms with van der Waals surface area (Å²) in [6.07, 6.45) is 0.381. The summed E-state index contributed by atoms with van der Waals surface area (Å²) in [6, 6.07) is -0.0105. The third-order valence-corrected chi connectivity index (χ3v) is 5.61. The van der Waals surface area contributed by atoms with Crippen molar-refractivity contribution in [3.63, 3.8) is 0 Å². The van der Waals surface area contributed by atoms with Crippen LogP contribution in [0.3, 0.4) is 0 Å². The molecule has 1 aromatic heterocycles. The predicted molar refractivity (Wildman–Crippen MR) is 113 cm³/mol. The highest BCUT2D eigenvalue weighted by molar-refractivity contribution is 7.13. The van der Waals surface area contributed by atoms with Crippen LogP contribution in [0.1, 0.15) is 61.9 Å². The standard InChI is InChI=1S/C21H35N3O3S/c1-12(2)8-17-19(28-15(7)22-17)20(25)23-16-9-24(10-16)21(26)18(14(5)6)27-11-13(3)4/h12-14,16,18H,8-11H2,1-7H3,(H,23,25). The van der Waals surface area contributed by atoms with Crippen LogP contribution in [-0.4, -0.2) is 53.5 Å². The minimum atomic E-state index is -0.416. The van der Waals surface area contributed by atoms with Gasteiger partial charge in [0.25, 0.3) is 11.8 Å². The van der Waals surface area contributed by atoms with Crippen LogP contribution in [-0.2, 0) is 16.0 Å². The van der Waals surface area contributed by atoms with Gasteiger partial charge in [-0.15, -0.1) is 11.3 Å². The number of amides is 2. The second-order valence-corrected chi connectivity index (χ2v) is 10.1. The Labute approximate surface area is 173 Å². The number of nitrogens with one attached hydrogen (secondary N) is 1. The average molecular weight is 410 g/mol. The van der Waals surface area contributed by atoms with Gasteiger partial charge in [0.05, 0.1) is 16.7 Å². The van der Waals surface area contributed by atoms with Crippen molar-refractivity contribution in [1.82, 2.24) is 15.2 Å². The van der Waals surface area contributed by atoms with Crippen molar-refractivity contribution in [2.75, 3.05) is 19.7 Å². The van der Waals surface area contributed by atoms with Gasteiger partial charge in [0.1, 0.15) is 11.0 Å². The second-order valence-electron chi connectivity index (χ2n) is 8.91.